The van der Waals surface area contributed by atoms with Crippen LogP contribution in [0.4, 0.5) is 0 Å². The summed E-state index contributed by atoms with van der Waals surface area (Å²) in [5.41, 5.74) is 3.82. The molecular formula is C21H25N3O2. The van der Waals surface area contributed by atoms with E-state index in [1.165, 1.54) is 48.9 Å². The molecule has 0 atom stereocenters. The molecule has 136 valence electrons. The van der Waals surface area contributed by atoms with Gasteiger partial charge >= 0.3 is 0 Å². The van der Waals surface area contributed by atoms with Crippen LogP contribution in [0.1, 0.15) is 60.7 Å². The van der Waals surface area contributed by atoms with Crippen LogP contribution in [-0.2, 0) is 19.5 Å². The van der Waals surface area contributed by atoms with Gasteiger partial charge in [-0.05, 0) is 42.5 Å². The average molecular weight is 351 g/mol. The molecule has 5 nitrogen and oxygen atoms in total. The second-order valence-corrected chi connectivity index (χ2v) is 7.68. The summed E-state index contributed by atoms with van der Waals surface area (Å²) < 4.78 is 10.9. The number of benzene rings is 1. The molecule has 26 heavy (non-hydrogen) atoms. The zero-order valence-electron chi connectivity index (χ0n) is 15.1. The van der Waals surface area contributed by atoms with Crippen molar-refractivity contribution in [1.29, 1.82) is 0 Å². The minimum atomic E-state index is 0.330. The fourth-order valence-electron chi connectivity index (χ4n) is 4.36. The number of fused-ring (bicyclic) bond motifs is 2. The molecule has 2 aromatic rings. The molecule has 1 aliphatic carbocycles. The van der Waals surface area contributed by atoms with Crippen molar-refractivity contribution in [1.82, 2.24) is 14.9 Å². The molecule has 3 heterocycles. The second kappa shape index (κ2) is 6.88. The van der Waals surface area contributed by atoms with Gasteiger partial charge in [-0.3, -0.25) is 4.90 Å². The quantitative estimate of drug-likeness (QED) is 0.841. The summed E-state index contributed by atoms with van der Waals surface area (Å²) in [6, 6.07) is 6.25. The van der Waals surface area contributed by atoms with E-state index in [9.17, 15) is 0 Å². The molecule has 0 saturated heterocycles. The van der Waals surface area contributed by atoms with Crippen LogP contribution >= 0.6 is 0 Å². The van der Waals surface area contributed by atoms with Crippen LogP contribution in [-0.4, -0.2) is 28.2 Å². The number of nitrogens with zero attached hydrogens (tertiary/aromatic N) is 3. The van der Waals surface area contributed by atoms with E-state index >= 15 is 0 Å². The van der Waals surface area contributed by atoms with E-state index in [4.69, 9.17) is 19.4 Å². The van der Waals surface area contributed by atoms with Crippen LogP contribution in [0.15, 0.2) is 24.4 Å². The van der Waals surface area contributed by atoms with Gasteiger partial charge in [-0.1, -0.05) is 25.3 Å². The third kappa shape index (κ3) is 3.16. The van der Waals surface area contributed by atoms with Crippen LogP contribution in [0.3, 0.4) is 0 Å². The Bertz CT molecular complexity index is 802. The lowest BCUT2D eigenvalue weighted by Gasteiger charge is -2.29. The van der Waals surface area contributed by atoms with Crippen molar-refractivity contribution in [3.8, 4) is 11.5 Å². The highest BCUT2D eigenvalue weighted by molar-refractivity contribution is 5.44. The fourth-order valence-corrected chi connectivity index (χ4v) is 4.36. The molecule has 0 radical (unpaired) electrons. The van der Waals surface area contributed by atoms with Crippen molar-refractivity contribution in [3.05, 3.63) is 47.0 Å². The SMILES string of the molecule is c1cc2c(cc1CN1CCc3cnc(C4CCCCC4)nc3C1)OCO2. The van der Waals surface area contributed by atoms with Crippen molar-refractivity contribution >= 4 is 0 Å². The molecule has 0 bridgehead atoms. The number of ether oxygens (including phenoxy) is 2. The molecule has 1 saturated carbocycles. The third-order valence-electron chi connectivity index (χ3n) is 5.86. The van der Waals surface area contributed by atoms with Gasteiger partial charge in [0.1, 0.15) is 5.82 Å². The monoisotopic (exact) mass is 351 g/mol. The molecule has 1 fully saturated rings. The maximum Gasteiger partial charge on any atom is 0.231 e. The molecule has 0 N–H and O–H groups in total. The average Bonchev–Trinajstić information content (AvgIpc) is 3.16. The van der Waals surface area contributed by atoms with E-state index in [0.29, 0.717) is 12.7 Å². The van der Waals surface area contributed by atoms with Crippen molar-refractivity contribution in [2.75, 3.05) is 13.3 Å². The van der Waals surface area contributed by atoms with Gasteiger partial charge in [0.2, 0.25) is 6.79 Å². The number of hydrogen-bond donors (Lipinski definition) is 0. The summed E-state index contributed by atoms with van der Waals surface area (Å²) >= 11 is 0. The largest absolute Gasteiger partial charge is 0.454 e. The standard InChI is InChI=1S/C21H25N3O2/c1-2-4-16(5-3-1)21-22-11-17-8-9-24(13-18(17)23-21)12-15-6-7-19-20(10-15)26-14-25-19/h6-7,10-11,16H,1-5,8-9,12-14H2. The number of hydrogen-bond acceptors (Lipinski definition) is 5. The van der Waals surface area contributed by atoms with E-state index in [0.717, 1.165) is 43.4 Å². The highest BCUT2D eigenvalue weighted by Crippen LogP contribution is 2.34. The molecule has 0 amide bonds. The van der Waals surface area contributed by atoms with Gasteiger partial charge in [0.05, 0.1) is 5.69 Å². The molecule has 5 rings (SSSR count). The Kier molecular flexibility index (Phi) is 4.25. The molecule has 5 heteroatoms. The highest BCUT2D eigenvalue weighted by atomic mass is 16.7. The van der Waals surface area contributed by atoms with Crippen LogP contribution in [0, 0.1) is 0 Å². The van der Waals surface area contributed by atoms with E-state index < -0.39 is 0 Å². The normalized spacial score (nSPS) is 20.2. The molecule has 0 spiro atoms. The van der Waals surface area contributed by atoms with E-state index in [-0.39, 0.29) is 0 Å². The minimum Gasteiger partial charge on any atom is -0.454 e. The van der Waals surface area contributed by atoms with Gasteiger partial charge in [-0.15, -0.1) is 0 Å². The highest BCUT2D eigenvalue weighted by Gasteiger charge is 2.23. The Labute approximate surface area is 154 Å². The molecule has 1 aromatic heterocycles. The van der Waals surface area contributed by atoms with Crippen LogP contribution in [0.2, 0.25) is 0 Å². The van der Waals surface area contributed by atoms with Gasteiger partial charge in [0.25, 0.3) is 0 Å². The van der Waals surface area contributed by atoms with Gasteiger partial charge < -0.3 is 9.47 Å². The minimum absolute atomic E-state index is 0.330. The Balaban J connectivity index is 1.31. The summed E-state index contributed by atoms with van der Waals surface area (Å²) in [4.78, 5) is 12.2. The summed E-state index contributed by atoms with van der Waals surface area (Å²) in [6.45, 7) is 3.20. The first-order chi connectivity index (χ1) is 12.8. The first-order valence-electron chi connectivity index (χ1n) is 9.81. The van der Waals surface area contributed by atoms with Gasteiger partial charge in [0, 0.05) is 31.7 Å². The topological polar surface area (TPSA) is 47.5 Å². The third-order valence-corrected chi connectivity index (χ3v) is 5.86. The predicted octanol–water partition coefficient (Wildman–Crippen LogP) is 3.81. The Morgan fingerprint density at radius 2 is 1.96 bits per heavy atom. The number of rotatable bonds is 3. The lowest BCUT2D eigenvalue weighted by Crippen LogP contribution is -2.31. The Morgan fingerprint density at radius 3 is 2.88 bits per heavy atom. The summed E-state index contributed by atoms with van der Waals surface area (Å²) in [6.07, 6.45) is 9.63. The Hall–Kier alpha value is -2.14. The zero-order chi connectivity index (χ0) is 17.3. The first-order valence-corrected chi connectivity index (χ1v) is 9.81. The lowest BCUT2D eigenvalue weighted by molar-refractivity contribution is 0.174. The van der Waals surface area contributed by atoms with Crippen LogP contribution in [0.25, 0.3) is 0 Å². The summed E-state index contributed by atoms with van der Waals surface area (Å²) in [7, 11) is 0. The van der Waals surface area contributed by atoms with Crippen LogP contribution < -0.4 is 9.47 Å². The van der Waals surface area contributed by atoms with Crippen molar-refractivity contribution < 1.29 is 9.47 Å². The molecule has 2 aliphatic heterocycles. The smallest absolute Gasteiger partial charge is 0.231 e. The fraction of sp³-hybridized carbons (Fsp3) is 0.524. The second-order valence-electron chi connectivity index (χ2n) is 7.68. The van der Waals surface area contributed by atoms with Crippen molar-refractivity contribution in [3.63, 3.8) is 0 Å². The maximum atomic E-state index is 5.51. The van der Waals surface area contributed by atoms with Gasteiger partial charge in [-0.2, -0.15) is 0 Å². The maximum absolute atomic E-state index is 5.51. The molecule has 0 unspecified atom stereocenters. The zero-order valence-corrected chi connectivity index (χ0v) is 15.1. The summed E-state index contributed by atoms with van der Waals surface area (Å²) in [5.74, 6) is 3.36. The first kappa shape index (κ1) is 16.1. The van der Waals surface area contributed by atoms with E-state index in [2.05, 4.69) is 23.2 Å². The van der Waals surface area contributed by atoms with Crippen molar-refractivity contribution in [2.24, 2.45) is 0 Å². The van der Waals surface area contributed by atoms with Gasteiger partial charge in [-0.25, -0.2) is 9.97 Å². The van der Waals surface area contributed by atoms with Gasteiger partial charge in [0.15, 0.2) is 11.5 Å². The van der Waals surface area contributed by atoms with E-state index in [1.807, 2.05) is 6.07 Å². The Morgan fingerprint density at radius 1 is 1.08 bits per heavy atom. The molecule has 3 aliphatic rings. The molecule has 1 aromatic carbocycles. The predicted molar refractivity (Wildman–Crippen MR) is 98.2 cm³/mol. The number of aromatic nitrogens is 2. The molecular weight excluding hydrogens is 326 g/mol. The van der Waals surface area contributed by atoms with Crippen LogP contribution in [0.5, 0.6) is 11.5 Å². The summed E-state index contributed by atoms with van der Waals surface area (Å²) in [5, 5.41) is 0. The lowest BCUT2D eigenvalue weighted by atomic mass is 9.88. The van der Waals surface area contributed by atoms with E-state index in [1.54, 1.807) is 0 Å². The van der Waals surface area contributed by atoms with Crippen molar-refractivity contribution in [2.45, 2.75) is 57.5 Å².